The Kier molecular flexibility index (Phi) is 6.54. The predicted molar refractivity (Wildman–Crippen MR) is 130 cm³/mol. The van der Waals surface area contributed by atoms with Gasteiger partial charge in [-0.1, -0.05) is 63.2 Å². The van der Waals surface area contributed by atoms with Crippen LogP contribution in [0.15, 0.2) is 72.9 Å². The molecule has 2 aromatic heterocycles. The molecule has 0 bridgehead atoms. The second-order valence-electron chi connectivity index (χ2n) is 9.64. The molecule has 33 heavy (non-hydrogen) atoms. The van der Waals surface area contributed by atoms with Crippen molar-refractivity contribution in [2.24, 2.45) is 5.41 Å². The lowest BCUT2D eigenvalue weighted by Crippen LogP contribution is -2.19. The summed E-state index contributed by atoms with van der Waals surface area (Å²) in [4.78, 5) is 4.31. The molecule has 0 radical (unpaired) electrons. The minimum absolute atomic E-state index is 0.0390. The first kappa shape index (κ1) is 22.6. The van der Waals surface area contributed by atoms with Gasteiger partial charge in [0.2, 0.25) is 0 Å². The fraction of sp³-hybridized carbons (Fsp3) is 0.333. The van der Waals surface area contributed by atoms with E-state index < -0.39 is 0 Å². The third-order valence-electron chi connectivity index (χ3n) is 5.68. The number of hydrogen-bond donors (Lipinski definition) is 0. The SMILES string of the molecule is CC(C)n1nnnc1-c1ccc(C(c2ccc(OCc3ccccn3)cc2)C(C)(C)C)cc1. The van der Waals surface area contributed by atoms with Gasteiger partial charge in [0.1, 0.15) is 12.4 Å². The number of benzene rings is 2. The summed E-state index contributed by atoms with van der Waals surface area (Å²) in [5.74, 6) is 1.86. The van der Waals surface area contributed by atoms with Gasteiger partial charge in [0, 0.05) is 17.7 Å². The molecule has 0 aliphatic rings. The van der Waals surface area contributed by atoms with E-state index >= 15 is 0 Å². The Morgan fingerprint density at radius 1 is 0.879 bits per heavy atom. The number of ether oxygens (including phenoxy) is 1. The minimum atomic E-state index is 0.0390. The third kappa shape index (κ3) is 5.28. The fourth-order valence-corrected chi connectivity index (χ4v) is 4.15. The Hall–Kier alpha value is -3.54. The molecule has 4 rings (SSSR count). The number of rotatable bonds is 7. The zero-order valence-corrected chi connectivity index (χ0v) is 19.9. The van der Waals surface area contributed by atoms with E-state index in [0.29, 0.717) is 6.61 Å². The van der Waals surface area contributed by atoms with Crippen LogP contribution in [0.3, 0.4) is 0 Å². The van der Waals surface area contributed by atoms with Gasteiger partial charge in [-0.25, -0.2) is 4.68 Å². The highest BCUT2D eigenvalue weighted by atomic mass is 16.5. The van der Waals surface area contributed by atoms with Gasteiger partial charge in [-0.05, 0) is 65.1 Å². The second kappa shape index (κ2) is 9.53. The quantitative estimate of drug-likeness (QED) is 0.348. The molecule has 6 heteroatoms. The van der Waals surface area contributed by atoms with Crippen LogP contribution in [-0.2, 0) is 6.61 Å². The van der Waals surface area contributed by atoms with E-state index in [1.807, 2.05) is 35.0 Å². The molecule has 0 saturated heterocycles. The number of hydrogen-bond acceptors (Lipinski definition) is 5. The van der Waals surface area contributed by atoms with Crippen LogP contribution in [0.4, 0.5) is 0 Å². The third-order valence-corrected chi connectivity index (χ3v) is 5.68. The fourth-order valence-electron chi connectivity index (χ4n) is 4.15. The molecule has 2 aromatic carbocycles. The van der Waals surface area contributed by atoms with Crippen LogP contribution in [-0.4, -0.2) is 25.2 Å². The maximum absolute atomic E-state index is 5.92. The Balaban J connectivity index is 1.55. The molecule has 6 nitrogen and oxygen atoms in total. The van der Waals surface area contributed by atoms with Crippen LogP contribution in [0.5, 0.6) is 5.75 Å². The Labute approximate surface area is 195 Å². The Bertz CT molecular complexity index is 1160. The lowest BCUT2D eigenvalue weighted by molar-refractivity contribution is 0.301. The topological polar surface area (TPSA) is 65.7 Å². The van der Waals surface area contributed by atoms with E-state index in [-0.39, 0.29) is 17.4 Å². The highest BCUT2D eigenvalue weighted by Crippen LogP contribution is 2.41. The largest absolute Gasteiger partial charge is 0.487 e. The highest BCUT2D eigenvalue weighted by Gasteiger charge is 2.28. The van der Waals surface area contributed by atoms with Crippen LogP contribution < -0.4 is 4.74 Å². The van der Waals surface area contributed by atoms with E-state index in [1.54, 1.807) is 6.20 Å². The van der Waals surface area contributed by atoms with E-state index in [2.05, 4.69) is 91.5 Å². The first-order valence-corrected chi connectivity index (χ1v) is 11.3. The Morgan fingerprint density at radius 2 is 1.55 bits per heavy atom. The summed E-state index contributed by atoms with van der Waals surface area (Å²) in [6.07, 6.45) is 1.78. The first-order valence-electron chi connectivity index (χ1n) is 11.3. The summed E-state index contributed by atoms with van der Waals surface area (Å²) in [7, 11) is 0. The van der Waals surface area contributed by atoms with Crippen molar-refractivity contribution in [3.63, 3.8) is 0 Å². The minimum Gasteiger partial charge on any atom is -0.487 e. The van der Waals surface area contributed by atoms with Crippen molar-refractivity contribution in [3.8, 4) is 17.1 Å². The lowest BCUT2D eigenvalue weighted by atomic mass is 9.72. The molecule has 0 spiro atoms. The van der Waals surface area contributed by atoms with Crippen LogP contribution in [0.25, 0.3) is 11.4 Å². The summed E-state index contributed by atoms with van der Waals surface area (Å²) in [6, 6.07) is 23.1. The average Bonchev–Trinajstić information content (AvgIpc) is 3.29. The molecule has 170 valence electrons. The lowest BCUT2D eigenvalue weighted by Gasteiger charge is -2.32. The number of tetrazole rings is 1. The first-order chi connectivity index (χ1) is 15.8. The molecule has 0 saturated carbocycles. The molecule has 0 amide bonds. The summed E-state index contributed by atoms with van der Waals surface area (Å²) in [5.41, 5.74) is 4.49. The van der Waals surface area contributed by atoms with Gasteiger partial charge in [-0.15, -0.1) is 5.10 Å². The number of nitrogens with zero attached hydrogens (tertiary/aromatic N) is 5. The maximum Gasteiger partial charge on any atom is 0.182 e. The maximum atomic E-state index is 5.92. The monoisotopic (exact) mass is 441 g/mol. The molecule has 0 aliphatic carbocycles. The summed E-state index contributed by atoms with van der Waals surface area (Å²) < 4.78 is 7.77. The molecular weight excluding hydrogens is 410 g/mol. The summed E-state index contributed by atoms with van der Waals surface area (Å²) >= 11 is 0. The van der Waals surface area contributed by atoms with Crippen molar-refractivity contribution in [1.29, 1.82) is 0 Å². The molecule has 2 heterocycles. The van der Waals surface area contributed by atoms with Crippen molar-refractivity contribution in [2.45, 2.75) is 53.2 Å². The van der Waals surface area contributed by atoms with Crippen molar-refractivity contribution in [3.05, 3.63) is 89.7 Å². The highest BCUT2D eigenvalue weighted by molar-refractivity contribution is 5.56. The standard InChI is InChI=1S/C27H31N5O/c1-19(2)32-26(29-30-31-32)22-11-9-20(10-12-22)25(27(3,4)5)21-13-15-24(16-14-21)33-18-23-8-6-7-17-28-23/h6-17,19,25H,18H2,1-5H3. The van der Waals surface area contributed by atoms with Crippen LogP contribution in [0, 0.1) is 5.41 Å². The summed E-state index contributed by atoms with van der Waals surface area (Å²) in [6.45, 7) is 11.4. The second-order valence-corrected chi connectivity index (χ2v) is 9.64. The zero-order valence-electron chi connectivity index (χ0n) is 19.9. The van der Waals surface area contributed by atoms with Gasteiger partial charge in [0.25, 0.3) is 0 Å². The predicted octanol–water partition coefficient (Wildman–Crippen LogP) is 6.07. The van der Waals surface area contributed by atoms with Gasteiger partial charge in [-0.3, -0.25) is 4.98 Å². The molecular formula is C27H31N5O. The van der Waals surface area contributed by atoms with E-state index in [4.69, 9.17) is 4.74 Å². The van der Waals surface area contributed by atoms with Gasteiger partial charge >= 0.3 is 0 Å². The molecule has 0 fully saturated rings. The molecule has 4 aromatic rings. The van der Waals surface area contributed by atoms with Gasteiger partial charge in [-0.2, -0.15) is 0 Å². The van der Waals surface area contributed by atoms with Crippen molar-refractivity contribution in [2.75, 3.05) is 0 Å². The van der Waals surface area contributed by atoms with Crippen LogP contribution >= 0.6 is 0 Å². The van der Waals surface area contributed by atoms with Gasteiger partial charge in [0.05, 0.1) is 11.7 Å². The summed E-state index contributed by atoms with van der Waals surface area (Å²) in [5, 5.41) is 12.2. The molecule has 1 unspecified atom stereocenters. The van der Waals surface area contributed by atoms with Crippen LogP contribution in [0.2, 0.25) is 0 Å². The van der Waals surface area contributed by atoms with E-state index in [0.717, 1.165) is 22.8 Å². The normalized spacial score (nSPS) is 12.7. The average molecular weight is 442 g/mol. The molecule has 0 N–H and O–H groups in total. The van der Waals surface area contributed by atoms with E-state index in [9.17, 15) is 0 Å². The number of aromatic nitrogens is 5. The molecule has 0 aliphatic heterocycles. The zero-order chi connectivity index (χ0) is 23.4. The Morgan fingerprint density at radius 3 is 2.12 bits per heavy atom. The van der Waals surface area contributed by atoms with Crippen molar-refractivity contribution < 1.29 is 4.74 Å². The van der Waals surface area contributed by atoms with Crippen LogP contribution in [0.1, 0.15) is 63.4 Å². The van der Waals surface area contributed by atoms with E-state index in [1.165, 1.54) is 11.1 Å². The molecule has 1 atom stereocenters. The van der Waals surface area contributed by atoms with Crippen molar-refractivity contribution in [1.82, 2.24) is 25.2 Å². The van der Waals surface area contributed by atoms with Crippen molar-refractivity contribution >= 4 is 0 Å². The van der Waals surface area contributed by atoms with Gasteiger partial charge < -0.3 is 4.74 Å². The van der Waals surface area contributed by atoms with Gasteiger partial charge in [0.15, 0.2) is 5.82 Å². The number of pyridine rings is 1. The smallest absolute Gasteiger partial charge is 0.182 e.